The number of anilines is 1. The Morgan fingerprint density at radius 3 is 2.69 bits per heavy atom. The summed E-state index contributed by atoms with van der Waals surface area (Å²) in [5.74, 6) is -0.299. The Labute approximate surface area is 205 Å². The van der Waals surface area contributed by atoms with Gasteiger partial charge >= 0.3 is 5.91 Å². The number of amides is 1. The van der Waals surface area contributed by atoms with Gasteiger partial charge in [0.05, 0.1) is 18.2 Å². The topological polar surface area (TPSA) is 111 Å². The molecular formula is C25H23N3O6S. The molecule has 35 heavy (non-hydrogen) atoms. The molecule has 5 rings (SSSR count). The number of aromatic nitrogens is 2. The van der Waals surface area contributed by atoms with Crippen LogP contribution in [0.4, 0.5) is 5.13 Å². The van der Waals surface area contributed by atoms with Crippen molar-refractivity contribution in [2.75, 3.05) is 24.7 Å². The van der Waals surface area contributed by atoms with Gasteiger partial charge in [0.25, 0.3) is 5.78 Å². The highest BCUT2D eigenvalue weighted by Crippen LogP contribution is 2.44. The van der Waals surface area contributed by atoms with Crippen molar-refractivity contribution in [3.05, 3.63) is 64.2 Å². The van der Waals surface area contributed by atoms with E-state index >= 15 is 0 Å². The normalized spacial score (nSPS) is 18.7. The van der Waals surface area contributed by atoms with Crippen molar-refractivity contribution >= 4 is 33.9 Å². The van der Waals surface area contributed by atoms with Gasteiger partial charge in [0.1, 0.15) is 29.7 Å². The molecular weight excluding hydrogens is 470 g/mol. The molecule has 0 saturated carbocycles. The second-order valence-corrected chi connectivity index (χ2v) is 9.21. The van der Waals surface area contributed by atoms with Gasteiger partial charge in [-0.2, -0.15) is 0 Å². The lowest BCUT2D eigenvalue weighted by molar-refractivity contribution is -0.132. The Morgan fingerprint density at radius 1 is 1.14 bits per heavy atom. The molecule has 9 nitrogen and oxygen atoms in total. The summed E-state index contributed by atoms with van der Waals surface area (Å²) in [7, 11) is 0. The summed E-state index contributed by atoms with van der Waals surface area (Å²) in [5, 5.41) is 20.4. The number of carbonyl (C=O) groups is 2. The Balaban J connectivity index is 1.66. The predicted octanol–water partition coefficient (Wildman–Crippen LogP) is 4.03. The van der Waals surface area contributed by atoms with Crippen molar-refractivity contribution in [1.82, 2.24) is 10.2 Å². The first-order chi connectivity index (χ1) is 17.0. The van der Waals surface area contributed by atoms with E-state index in [2.05, 4.69) is 10.2 Å². The molecule has 2 aliphatic heterocycles. The highest BCUT2D eigenvalue weighted by atomic mass is 32.1. The number of fused-ring (bicyclic) bond motifs is 1. The third-order valence-electron chi connectivity index (χ3n) is 5.63. The molecule has 0 radical (unpaired) electrons. The molecule has 1 N–H and O–H groups in total. The standard InChI is InChI=1S/C25H23N3O6S/c1-3-9-32-17-6-4-5-15(12-17)21-20(23(30)24(31)28(21)25-27-26-14(2)35-25)22(29)16-7-8-18-19(13-16)34-11-10-33-18/h4-8,12-13,21,29H,3,9-11H2,1-2H3/b22-20+/t21-/m1/s1. The molecule has 0 unspecified atom stereocenters. The number of ketones is 1. The van der Waals surface area contributed by atoms with E-state index in [-0.39, 0.29) is 16.5 Å². The first-order valence-corrected chi connectivity index (χ1v) is 12.0. The van der Waals surface area contributed by atoms with Gasteiger partial charge in [0, 0.05) is 5.56 Å². The van der Waals surface area contributed by atoms with Gasteiger partial charge in [-0.25, -0.2) is 0 Å². The van der Waals surface area contributed by atoms with Gasteiger partial charge in [-0.05, 0) is 49.2 Å². The van der Waals surface area contributed by atoms with E-state index in [1.807, 2.05) is 6.92 Å². The van der Waals surface area contributed by atoms with E-state index in [0.29, 0.717) is 53.2 Å². The van der Waals surface area contributed by atoms with Gasteiger partial charge in [0.2, 0.25) is 5.13 Å². The predicted molar refractivity (Wildman–Crippen MR) is 129 cm³/mol. The van der Waals surface area contributed by atoms with Gasteiger partial charge in [-0.3, -0.25) is 14.5 Å². The summed E-state index contributed by atoms with van der Waals surface area (Å²) >= 11 is 1.19. The van der Waals surface area contributed by atoms with Crippen LogP contribution in [0.2, 0.25) is 0 Å². The fourth-order valence-electron chi connectivity index (χ4n) is 4.07. The van der Waals surface area contributed by atoms with Crippen LogP contribution in [0.5, 0.6) is 17.2 Å². The largest absolute Gasteiger partial charge is 0.507 e. The molecule has 3 heterocycles. The lowest BCUT2D eigenvalue weighted by Crippen LogP contribution is -2.29. The van der Waals surface area contributed by atoms with E-state index in [0.717, 1.165) is 6.42 Å². The van der Waals surface area contributed by atoms with E-state index < -0.39 is 17.7 Å². The summed E-state index contributed by atoms with van der Waals surface area (Å²) in [5.41, 5.74) is 0.890. The van der Waals surface area contributed by atoms with Crippen LogP contribution in [-0.4, -0.2) is 46.8 Å². The lowest BCUT2D eigenvalue weighted by Gasteiger charge is -2.23. The van der Waals surface area contributed by atoms with Crippen LogP contribution < -0.4 is 19.1 Å². The second-order valence-electron chi connectivity index (χ2n) is 8.05. The number of aryl methyl sites for hydroxylation is 1. The summed E-state index contributed by atoms with van der Waals surface area (Å²) in [6.45, 7) is 5.10. The fourth-order valence-corrected chi connectivity index (χ4v) is 4.78. The zero-order valence-corrected chi connectivity index (χ0v) is 20.0. The zero-order valence-electron chi connectivity index (χ0n) is 19.2. The Kier molecular flexibility index (Phi) is 6.12. The maximum Gasteiger partial charge on any atom is 0.301 e. The average molecular weight is 494 g/mol. The van der Waals surface area contributed by atoms with Gasteiger partial charge in [-0.15, -0.1) is 10.2 Å². The molecule has 0 spiro atoms. The summed E-state index contributed by atoms with van der Waals surface area (Å²) in [4.78, 5) is 27.8. The maximum absolute atomic E-state index is 13.3. The second kappa shape index (κ2) is 9.38. The number of benzene rings is 2. The minimum absolute atomic E-state index is 0.0489. The molecule has 1 fully saturated rings. The number of aliphatic hydroxyl groups excluding tert-OH is 1. The van der Waals surface area contributed by atoms with Crippen LogP contribution >= 0.6 is 11.3 Å². The molecule has 1 saturated heterocycles. The molecule has 0 aliphatic carbocycles. The number of hydrogen-bond acceptors (Lipinski definition) is 9. The highest BCUT2D eigenvalue weighted by molar-refractivity contribution is 7.15. The Bertz CT molecular complexity index is 1330. The molecule has 2 aromatic carbocycles. The van der Waals surface area contributed by atoms with Crippen LogP contribution in [0.1, 0.15) is 35.5 Å². The van der Waals surface area contributed by atoms with Crippen LogP contribution in [-0.2, 0) is 9.59 Å². The minimum atomic E-state index is -0.916. The van der Waals surface area contributed by atoms with Crippen molar-refractivity contribution < 1.29 is 28.9 Å². The van der Waals surface area contributed by atoms with Crippen molar-refractivity contribution in [3.8, 4) is 17.2 Å². The first-order valence-electron chi connectivity index (χ1n) is 11.2. The summed E-state index contributed by atoms with van der Waals surface area (Å²) in [6, 6.07) is 11.1. The number of aliphatic hydroxyl groups is 1. The third kappa shape index (κ3) is 4.21. The number of hydrogen-bond donors (Lipinski definition) is 1. The van der Waals surface area contributed by atoms with E-state index in [1.165, 1.54) is 16.2 Å². The molecule has 0 bridgehead atoms. The van der Waals surface area contributed by atoms with Crippen LogP contribution in [0.3, 0.4) is 0 Å². The van der Waals surface area contributed by atoms with E-state index in [9.17, 15) is 14.7 Å². The third-order valence-corrected chi connectivity index (χ3v) is 6.47. The number of Topliss-reactive ketones (excluding diaryl/α,β-unsaturated/α-hetero) is 1. The number of nitrogens with zero attached hydrogens (tertiary/aromatic N) is 3. The van der Waals surface area contributed by atoms with Crippen molar-refractivity contribution in [3.63, 3.8) is 0 Å². The van der Waals surface area contributed by atoms with E-state index in [1.54, 1.807) is 49.4 Å². The van der Waals surface area contributed by atoms with Crippen molar-refractivity contribution in [1.29, 1.82) is 0 Å². The molecule has 3 aromatic rings. The van der Waals surface area contributed by atoms with Crippen LogP contribution in [0, 0.1) is 6.92 Å². The molecule has 2 aliphatic rings. The first kappa shape index (κ1) is 22.9. The van der Waals surface area contributed by atoms with Crippen molar-refractivity contribution in [2.24, 2.45) is 0 Å². The monoisotopic (exact) mass is 493 g/mol. The molecule has 180 valence electrons. The number of carbonyl (C=O) groups excluding carboxylic acids is 2. The lowest BCUT2D eigenvalue weighted by atomic mass is 9.95. The molecule has 1 aromatic heterocycles. The van der Waals surface area contributed by atoms with Crippen LogP contribution in [0.15, 0.2) is 48.0 Å². The minimum Gasteiger partial charge on any atom is -0.507 e. The average Bonchev–Trinajstić information content (AvgIpc) is 3.42. The van der Waals surface area contributed by atoms with Gasteiger partial charge < -0.3 is 19.3 Å². The molecule has 1 amide bonds. The van der Waals surface area contributed by atoms with Crippen LogP contribution in [0.25, 0.3) is 5.76 Å². The Morgan fingerprint density at radius 2 is 1.94 bits per heavy atom. The van der Waals surface area contributed by atoms with Gasteiger partial charge in [-0.1, -0.05) is 30.4 Å². The van der Waals surface area contributed by atoms with Crippen molar-refractivity contribution in [2.45, 2.75) is 26.3 Å². The summed E-state index contributed by atoms with van der Waals surface area (Å²) in [6.07, 6.45) is 0.830. The van der Waals surface area contributed by atoms with E-state index in [4.69, 9.17) is 14.2 Å². The highest BCUT2D eigenvalue weighted by Gasteiger charge is 2.48. The molecule has 10 heteroatoms. The fraction of sp³-hybridized carbons (Fsp3) is 0.280. The van der Waals surface area contributed by atoms with Gasteiger partial charge in [0.15, 0.2) is 11.5 Å². The smallest absolute Gasteiger partial charge is 0.301 e. The Hall–Kier alpha value is -3.92. The zero-order chi connectivity index (χ0) is 24.5. The number of ether oxygens (including phenoxy) is 3. The maximum atomic E-state index is 13.3. The summed E-state index contributed by atoms with van der Waals surface area (Å²) < 4.78 is 17.0. The number of rotatable bonds is 6. The SMILES string of the molecule is CCCOc1cccc([C@@H]2/C(=C(\O)c3ccc4c(c3)OCCO4)C(=O)C(=O)N2c2nnc(C)s2)c1. The quantitative estimate of drug-likeness (QED) is 0.311. The molecule has 1 atom stereocenters.